The molecule has 2 atom stereocenters. The largest absolute Gasteiger partial charge is 0.0885 e. The zero-order valence-corrected chi connectivity index (χ0v) is 6.14. The van der Waals surface area contributed by atoms with Crippen molar-refractivity contribution in [3.63, 3.8) is 0 Å². The van der Waals surface area contributed by atoms with E-state index < -0.39 is 0 Å². The van der Waals surface area contributed by atoms with E-state index in [1.165, 1.54) is 19.3 Å². The van der Waals surface area contributed by atoms with Crippen LogP contribution in [-0.4, -0.2) is 0 Å². The highest BCUT2D eigenvalue weighted by Gasteiger charge is 2.11. The molecular weight excluding hydrogens is 108 g/mol. The van der Waals surface area contributed by atoms with Crippen LogP contribution in [0.15, 0.2) is 12.2 Å². The lowest BCUT2D eigenvalue weighted by Gasteiger charge is -2.14. The van der Waals surface area contributed by atoms with Gasteiger partial charge in [0.25, 0.3) is 0 Å². The first-order valence-corrected chi connectivity index (χ1v) is 3.79. The summed E-state index contributed by atoms with van der Waals surface area (Å²) in [7, 11) is 0. The van der Waals surface area contributed by atoms with Crippen LogP contribution >= 0.6 is 0 Å². The van der Waals surface area contributed by atoms with Gasteiger partial charge in [-0.3, -0.25) is 0 Å². The zero-order chi connectivity index (χ0) is 6.69. The third-order valence-electron chi connectivity index (χ3n) is 2.20. The molecule has 1 aliphatic carbocycles. The van der Waals surface area contributed by atoms with E-state index in [1.807, 2.05) is 0 Å². The van der Waals surface area contributed by atoms with E-state index in [1.54, 1.807) is 0 Å². The summed E-state index contributed by atoms with van der Waals surface area (Å²) in [5.41, 5.74) is 0. The predicted molar refractivity (Wildman–Crippen MR) is 41.0 cm³/mol. The smallest absolute Gasteiger partial charge is 0.0320 e. The van der Waals surface area contributed by atoms with Crippen LogP contribution in [-0.2, 0) is 0 Å². The average Bonchev–Trinajstić information content (AvgIpc) is 1.99. The van der Waals surface area contributed by atoms with Crippen LogP contribution in [0.5, 0.6) is 0 Å². The lowest BCUT2D eigenvalue weighted by atomic mass is 9.91. The lowest BCUT2D eigenvalue weighted by molar-refractivity contribution is 0.414. The van der Waals surface area contributed by atoms with Crippen LogP contribution in [0.1, 0.15) is 26.2 Å². The number of allylic oxidation sites excluding steroid dienone is 2. The summed E-state index contributed by atoms with van der Waals surface area (Å²) >= 11 is 0. The first-order chi connectivity index (χ1) is 4.30. The summed E-state index contributed by atoms with van der Waals surface area (Å²) in [4.78, 5) is 0. The fourth-order valence-corrected chi connectivity index (χ4v) is 1.22. The van der Waals surface area contributed by atoms with Gasteiger partial charge in [0.05, 0.1) is 0 Å². The van der Waals surface area contributed by atoms with E-state index in [4.69, 9.17) is 0 Å². The average molecular weight is 123 g/mol. The van der Waals surface area contributed by atoms with Crippen LogP contribution < -0.4 is 0 Å². The molecule has 0 saturated carbocycles. The highest BCUT2D eigenvalue weighted by molar-refractivity contribution is 4.90. The van der Waals surface area contributed by atoms with Gasteiger partial charge in [-0.25, -0.2) is 0 Å². The van der Waals surface area contributed by atoms with Gasteiger partial charge in [-0.15, -0.1) is 0 Å². The zero-order valence-electron chi connectivity index (χ0n) is 6.14. The SMILES string of the molecule is [CH2]C1CC=CCCC1C. The summed E-state index contributed by atoms with van der Waals surface area (Å²) < 4.78 is 0. The molecule has 0 saturated heterocycles. The molecule has 9 heavy (non-hydrogen) atoms. The maximum Gasteiger partial charge on any atom is -0.0320 e. The fraction of sp³-hybridized carbons (Fsp3) is 0.667. The molecule has 1 rings (SSSR count). The Bertz CT molecular complexity index is 103. The first kappa shape index (κ1) is 6.85. The van der Waals surface area contributed by atoms with Crippen molar-refractivity contribution in [3.05, 3.63) is 19.1 Å². The maximum absolute atomic E-state index is 4.09. The Morgan fingerprint density at radius 3 is 3.00 bits per heavy atom. The summed E-state index contributed by atoms with van der Waals surface area (Å²) in [6, 6.07) is 0. The van der Waals surface area contributed by atoms with Crippen molar-refractivity contribution in [2.45, 2.75) is 26.2 Å². The molecule has 0 aromatic rings. The molecule has 0 bridgehead atoms. The van der Waals surface area contributed by atoms with Crippen molar-refractivity contribution in [1.29, 1.82) is 0 Å². The third-order valence-corrected chi connectivity index (χ3v) is 2.20. The van der Waals surface area contributed by atoms with E-state index in [2.05, 4.69) is 26.0 Å². The van der Waals surface area contributed by atoms with Gasteiger partial charge >= 0.3 is 0 Å². The van der Waals surface area contributed by atoms with E-state index in [-0.39, 0.29) is 0 Å². The van der Waals surface area contributed by atoms with Gasteiger partial charge in [0.1, 0.15) is 0 Å². The standard InChI is InChI=1S/C9H15/c1-8-6-4-3-5-7-9(8)2/h3-4,8-9H,1,5-7H2,2H3. The minimum Gasteiger partial charge on any atom is -0.0885 e. The summed E-state index contributed by atoms with van der Waals surface area (Å²) in [6.07, 6.45) is 8.31. The Labute approximate surface area is 58.0 Å². The van der Waals surface area contributed by atoms with Gasteiger partial charge in [-0.2, -0.15) is 0 Å². The minimum atomic E-state index is 0.656. The van der Waals surface area contributed by atoms with E-state index >= 15 is 0 Å². The van der Waals surface area contributed by atoms with Gasteiger partial charge in [-0.1, -0.05) is 19.1 Å². The minimum absolute atomic E-state index is 0.656. The summed E-state index contributed by atoms with van der Waals surface area (Å²) in [6.45, 7) is 6.38. The molecule has 0 N–H and O–H groups in total. The third kappa shape index (κ3) is 1.85. The lowest BCUT2D eigenvalue weighted by Crippen LogP contribution is -2.04. The van der Waals surface area contributed by atoms with Crippen LogP contribution in [0.4, 0.5) is 0 Å². The van der Waals surface area contributed by atoms with E-state index in [0.29, 0.717) is 5.92 Å². The molecule has 0 aliphatic heterocycles. The topological polar surface area (TPSA) is 0 Å². The molecule has 0 spiro atoms. The molecular formula is C9H15. The molecule has 2 unspecified atom stereocenters. The summed E-state index contributed by atoms with van der Waals surface area (Å²) in [5.74, 6) is 1.48. The molecule has 0 amide bonds. The van der Waals surface area contributed by atoms with Crippen LogP contribution in [0.25, 0.3) is 0 Å². The highest BCUT2D eigenvalue weighted by Crippen LogP contribution is 2.23. The Morgan fingerprint density at radius 2 is 2.22 bits per heavy atom. The Kier molecular flexibility index (Phi) is 2.32. The Morgan fingerprint density at radius 1 is 1.44 bits per heavy atom. The predicted octanol–water partition coefficient (Wildman–Crippen LogP) is 2.81. The quantitative estimate of drug-likeness (QED) is 0.434. The van der Waals surface area contributed by atoms with E-state index in [0.717, 1.165) is 5.92 Å². The summed E-state index contributed by atoms with van der Waals surface area (Å²) in [5, 5.41) is 0. The second-order valence-electron chi connectivity index (χ2n) is 3.02. The van der Waals surface area contributed by atoms with Gasteiger partial charge in [0.2, 0.25) is 0 Å². The molecule has 0 aromatic carbocycles. The molecule has 1 radical (unpaired) electrons. The molecule has 0 fully saturated rings. The molecule has 0 nitrogen and oxygen atoms in total. The normalized spacial score (nSPS) is 36.2. The van der Waals surface area contributed by atoms with Gasteiger partial charge in [0, 0.05) is 0 Å². The van der Waals surface area contributed by atoms with Crippen LogP contribution in [0.2, 0.25) is 0 Å². The van der Waals surface area contributed by atoms with Crippen LogP contribution in [0, 0.1) is 18.8 Å². The maximum atomic E-state index is 4.09. The number of hydrogen-bond donors (Lipinski definition) is 0. The van der Waals surface area contributed by atoms with E-state index in [9.17, 15) is 0 Å². The fourth-order valence-electron chi connectivity index (χ4n) is 1.22. The molecule has 0 heterocycles. The first-order valence-electron chi connectivity index (χ1n) is 3.79. The van der Waals surface area contributed by atoms with Gasteiger partial charge in [0.15, 0.2) is 0 Å². The second-order valence-corrected chi connectivity index (χ2v) is 3.02. The van der Waals surface area contributed by atoms with Gasteiger partial charge in [-0.05, 0) is 38.0 Å². The highest BCUT2D eigenvalue weighted by atomic mass is 14.2. The molecule has 0 aromatic heterocycles. The van der Waals surface area contributed by atoms with Crippen molar-refractivity contribution in [2.24, 2.45) is 11.8 Å². The van der Waals surface area contributed by atoms with Crippen molar-refractivity contribution < 1.29 is 0 Å². The molecule has 1 aliphatic rings. The van der Waals surface area contributed by atoms with Crippen molar-refractivity contribution in [3.8, 4) is 0 Å². The Balaban J connectivity index is 2.42. The monoisotopic (exact) mass is 123 g/mol. The van der Waals surface area contributed by atoms with Crippen LogP contribution in [0.3, 0.4) is 0 Å². The number of hydrogen-bond acceptors (Lipinski definition) is 0. The second kappa shape index (κ2) is 3.05. The van der Waals surface area contributed by atoms with Crippen molar-refractivity contribution >= 4 is 0 Å². The van der Waals surface area contributed by atoms with Crippen molar-refractivity contribution in [1.82, 2.24) is 0 Å². The molecule has 51 valence electrons. The molecule has 0 heteroatoms. The Hall–Kier alpha value is -0.260. The number of rotatable bonds is 0. The van der Waals surface area contributed by atoms with Crippen molar-refractivity contribution in [2.75, 3.05) is 0 Å². The van der Waals surface area contributed by atoms with Gasteiger partial charge < -0.3 is 0 Å².